The zero-order valence-electron chi connectivity index (χ0n) is 14.8. The SMILES string of the molecule is CCOc1ccc2cc(C(=O)NNC(=O)c3ccc(Cl)cc3OC)[nH]c2c1. The highest BCUT2D eigenvalue weighted by atomic mass is 35.5. The van der Waals surface area contributed by atoms with E-state index in [9.17, 15) is 9.59 Å². The van der Waals surface area contributed by atoms with Gasteiger partial charge in [-0.15, -0.1) is 0 Å². The van der Waals surface area contributed by atoms with Crippen LogP contribution in [0.4, 0.5) is 0 Å². The van der Waals surface area contributed by atoms with E-state index in [1.54, 1.807) is 12.1 Å². The summed E-state index contributed by atoms with van der Waals surface area (Å²) in [5.41, 5.74) is 6.05. The number of hydrogen-bond donors (Lipinski definition) is 3. The summed E-state index contributed by atoms with van der Waals surface area (Å²) in [4.78, 5) is 27.6. The molecule has 1 aromatic heterocycles. The highest BCUT2D eigenvalue weighted by molar-refractivity contribution is 6.30. The maximum atomic E-state index is 12.3. The number of ether oxygens (including phenoxy) is 2. The summed E-state index contributed by atoms with van der Waals surface area (Å²) in [6.07, 6.45) is 0. The van der Waals surface area contributed by atoms with Gasteiger partial charge in [0.15, 0.2) is 0 Å². The molecule has 0 unspecified atom stereocenters. The molecule has 3 aromatic rings. The van der Waals surface area contributed by atoms with Gasteiger partial charge in [-0.1, -0.05) is 11.6 Å². The quantitative estimate of drug-likeness (QED) is 0.585. The van der Waals surface area contributed by atoms with Crippen molar-refractivity contribution < 1.29 is 19.1 Å². The van der Waals surface area contributed by atoms with E-state index >= 15 is 0 Å². The highest BCUT2D eigenvalue weighted by Gasteiger charge is 2.15. The minimum absolute atomic E-state index is 0.250. The van der Waals surface area contributed by atoms with Crippen LogP contribution in [0.25, 0.3) is 10.9 Å². The first-order valence-electron chi connectivity index (χ1n) is 8.21. The van der Waals surface area contributed by atoms with Gasteiger partial charge in [-0.2, -0.15) is 0 Å². The number of H-pyrrole nitrogens is 1. The van der Waals surface area contributed by atoms with Crippen LogP contribution >= 0.6 is 11.6 Å². The molecule has 0 aliphatic carbocycles. The average molecular weight is 388 g/mol. The summed E-state index contributed by atoms with van der Waals surface area (Å²) in [6, 6.07) is 11.8. The Balaban J connectivity index is 1.70. The molecular weight excluding hydrogens is 370 g/mol. The number of methoxy groups -OCH3 is 1. The molecule has 0 fully saturated rings. The molecule has 0 radical (unpaired) electrons. The lowest BCUT2D eigenvalue weighted by atomic mass is 10.2. The number of carbonyl (C=O) groups excluding carboxylic acids is 2. The summed E-state index contributed by atoms with van der Waals surface area (Å²) in [5.74, 6) is 0.0160. The Labute approximate surface area is 160 Å². The first-order valence-corrected chi connectivity index (χ1v) is 8.59. The number of nitrogens with one attached hydrogen (secondary N) is 3. The third-order valence-electron chi connectivity index (χ3n) is 3.85. The molecule has 0 saturated heterocycles. The third-order valence-corrected chi connectivity index (χ3v) is 4.08. The molecule has 27 heavy (non-hydrogen) atoms. The average Bonchev–Trinajstić information content (AvgIpc) is 3.09. The zero-order chi connectivity index (χ0) is 19.4. The number of rotatable bonds is 5. The summed E-state index contributed by atoms with van der Waals surface area (Å²) in [6.45, 7) is 2.45. The van der Waals surface area contributed by atoms with Gasteiger partial charge in [0.25, 0.3) is 11.8 Å². The van der Waals surface area contributed by atoms with Crippen molar-refractivity contribution in [2.45, 2.75) is 6.92 Å². The van der Waals surface area contributed by atoms with Gasteiger partial charge in [-0.3, -0.25) is 20.4 Å². The monoisotopic (exact) mass is 387 g/mol. The normalized spacial score (nSPS) is 10.5. The molecule has 3 N–H and O–H groups in total. The molecule has 0 bridgehead atoms. The molecule has 0 aliphatic heterocycles. The standard InChI is InChI=1S/C19H18ClN3O4/c1-3-27-13-6-4-11-8-16(21-15(11)10-13)19(25)23-22-18(24)14-7-5-12(20)9-17(14)26-2/h4-10,21H,3H2,1-2H3,(H,22,24)(H,23,25). The number of hydrazine groups is 1. The third kappa shape index (κ3) is 4.15. The van der Waals surface area contributed by atoms with Gasteiger partial charge in [0.2, 0.25) is 0 Å². The smallest absolute Gasteiger partial charge is 0.286 e. The van der Waals surface area contributed by atoms with Crippen molar-refractivity contribution in [2.75, 3.05) is 13.7 Å². The minimum atomic E-state index is -0.522. The topological polar surface area (TPSA) is 92.5 Å². The first kappa shape index (κ1) is 18.6. The van der Waals surface area contributed by atoms with E-state index in [-0.39, 0.29) is 5.56 Å². The molecule has 0 aliphatic rings. The Kier molecular flexibility index (Phi) is 5.52. The van der Waals surface area contributed by atoms with Crippen LogP contribution in [-0.2, 0) is 0 Å². The van der Waals surface area contributed by atoms with Gasteiger partial charge in [0, 0.05) is 22.0 Å². The largest absolute Gasteiger partial charge is 0.496 e. The lowest BCUT2D eigenvalue weighted by molar-refractivity contribution is 0.0842. The first-order chi connectivity index (χ1) is 13.0. The maximum Gasteiger partial charge on any atom is 0.286 e. The molecule has 2 amide bonds. The van der Waals surface area contributed by atoms with Crippen LogP contribution < -0.4 is 20.3 Å². The van der Waals surface area contributed by atoms with Crippen LogP contribution in [0.5, 0.6) is 11.5 Å². The number of aromatic nitrogens is 1. The van der Waals surface area contributed by atoms with E-state index in [0.29, 0.717) is 28.8 Å². The number of benzene rings is 2. The van der Waals surface area contributed by atoms with E-state index < -0.39 is 11.8 Å². The predicted octanol–water partition coefficient (Wildman–Crippen LogP) is 3.30. The fourth-order valence-corrected chi connectivity index (χ4v) is 2.75. The van der Waals surface area contributed by atoms with Crippen molar-refractivity contribution in [2.24, 2.45) is 0 Å². The van der Waals surface area contributed by atoms with Gasteiger partial charge >= 0.3 is 0 Å². The fourth-order valence-electron chi connectivity index (χ4n) is 2.59. The Morgan fingerprint density at radius 2 is 1.85 bits per heavy atom. The number of halogens is 1. The van der Waals surface area contributed by atoms with Gasteiger partial charge in [-0.05, 0) is 43.3 Å². The van der Waals surface area contributed by atoms with Crippen LogP contribution in [0.1, 0.15) is 27.8 Å². The zero-order valence-corrected chi connectivity index (χ0v) is 15.5. The molecule has 0 atom stereocenters. The Hall–Kier alpha value is -3.19. The Morgan fingerprint density at radius 1 is 1.07 bits per heavy atom. The van der Waals surface area contributed by atoms with Crippen molar-refractivity contribution in [1.29, 1.82) is 0 Å². The Morgan fingerprint density at radius 3 is 2.59 bits per heavy atom. The van der Waals surface area contributed by atoms with E-state index in [4.69, 9.17) is 21.1 Å². The minimum Gasteiger partial charge on any atom is -0.496 e. The number of amides is 2. The lowest BCUT2D eigenvalue weighted by Crippen LogP contribution is -2.41. The summed E-state index contributed by atoms with van der Waals surface area (Å²) < 4.78 is 10.6. The second-order valence-electron chi connectivity index (χ2n) is 5.62. The second kappa shape index (κ2) is 8.01. The van der Waals surface area contributed by atoms with Crippen molar-refractivity contribution in [1.82, 2.24) is 15.8 Å². The number of carbonyl (C=O) groups is 2. The van der Waals surface area contributed by atoms with Crippen LogP contribution in [-0.4, -0.2) is 30.5 Å². The second-order valence-corrected chi connectivity index (χ2v) is 6.05. The van der Waals surface area contributed by atoms with Crippen LogP contribution in [0.2, 0.25) is 5.02 Å². The van der Waals surface area contributed by atoms with Crippen molar-refractivity contribution >= 4 is 34.3 Å². The molecule has 3 rings (SSSR count). The van der Waals surface area contributed by atoms with Gasteiger partial charge in [0.1, 0.15) is 17.2 Å². The predicted molar refractivity (Wildman–Crippen MR) is 102 cm³/mol. The molecule has 2 aromatic carbocycles. The lowest BCUT2D eigenvalue weighted by Gasteiger charge is -2.10. The van der Waals surface area contributed by atoms with E-state index in [0.717, 1.165) is 10.9 Å². The Bertz CT molecular complexity index is 1000. The molecular formula is C19H18ClN3O4. The molecule has 8 heteroatoms. The molecule has 1 heterocycles. The van der Waals surface area contributed by atoms with Crippen LogP contribution in [0.15, 0.2) is 42.5 Å². The van der Waals surface area contributed by atoms with E-state index in [1.165, 1.54) is 19.2 Å². The van der Waals surface area contributed by atoms with Gasteiger partial charge in [0.05, 0.1) is 19.3 Å². The summed E-state index contributed by atoms with van der Waals surface area (Å²) in [5, 5.41) is 1.30. The summed E-state index contributed by atoms with van der Waals surface area (Å²) in [7, 11) is 1.43. The van der Waals surface area contributed by atoms with Crippen molar-refractivity contribution in [3.8, 4) is 11.5 Å². The number of aromatic amines is 1. The van der Waals surface area contributed by atoms with E-state index in [1.807, 2.05) is 25.1 Å². The van der Waals surface area contributed by atoms with Crippen molar-refractivity contribution in [3.63, 3.8) is 0 Å². The van der Waals surface area contributed by atoms with Crippen molar-refractivity contribution in [3.05, 3.63) is 58.7 Å². The number of hydrogen-bond acceptors (Lipinski definition) is 4. The van der Waals surface area contributed by atoms with Gasteiger partial charge < -0.3 is 14.5 Å². The fraction of sp³-hybridized carbons (Fsp3) is 0.158. The highest BCUT2D eigenvalue weighted by Crippen LogP contribution is 2.23. The van der Waals surface area contributed by atoms with Crippen LogP contribution in [0, 0.1) is 0 Å². The maximum absolute atomic E-state index is 12.3. The molecule has 0 spiro atoms. The van der Waals surface area contributed by atoms with Gasteiger partial charge in [-0.25, -0.2) is 0 Å². The summed E-state index contributed by atoms with van der Waals surface area (Å²) >= 11 is 5.88. The van der Waals surface area contributed by atoms with E-state index in [2.05, 4.69) is 15.8 Å². The molecule has 0 saturated carbocycles. The molecule has 140 valence electrons. The number of fused-ring (bicyclic) bond motifs is 1. The van der Waals surface area contributed by atoms with Crippen LogP contribution in [0.3, 0.4) is 0 Å². The molecule has 7 nitrogen and oxygen atoms in total.